The van der Waals surface area contributed by atoms with Crippen LogP contribution in [0.5, 0.6) is 0 Å². The van der Waals surface area contributed by atoms with Crippen LogP contribution in [0.25, 0.3) is 41.8 Å². The molecule has 0 N–H and O–H groups in total. The molecule has 392 valence electrons. The minimum atomic E-state index is -0.0969. The van der Waals surface area contributed by atoms with Crippen molar-refractivity contribution >= 4 is 83.0 Å². The molecule has 72 heavy (non-hydrogen) atoms. The number of thiophene rings is 2. The number of amides is 2. The predicted octanol–water partition coefficient (Wildman–Crippen LogP) is 20.0. The lowest BCUT2D eigenvalue weighted by atomic mass is 9.85. The van der Waals surface area contributed by atoms with Crippen molar-refractivity contribution in [2.45, 2.75) is 223 Å². The average molecular weight is 1010 g/mol. The van der Waals surface area contributed by atoms with Crippen molar-refractivity contribution in [2.24, 2.45) is 11.8 Å². The fourth-order valence-electron chi connectivity index (χ4n) is 11.3. The van der Waals surface area contributed by atoms with E-state index in [9.17, 15) is 4.79 Å². The molecule has 5 nitrogen and oxygen atoms in total. The number of benzene rings is 3. The normalized spacial score (nSPS) is 15.4. The number of carbonyl (C=O) groups is 3. The van der Waals surface area contributed by atoms with Crippen LogP contribution >= 0.6 is 22.7 Å². The molecule has 0 aliphatic carbocycles. The molecule has 2 amide bonds. The molecular formula is C65H92N2O3S2. The molecule has 0 fully saturated rings. The van der Waals surface area contributed by atoms with Gasteiger partial charge < -0.3 is 9.80 Å². The quantitative estimate of drug-likeness (QED) is 0.0299. The second kappa shape index (κ2) is 27.5. The van der Waals surface area contributed by atoms with E-state index in [4.69, 9.17) is 0 Å². The van der Waals surface area contributed by atoms with E-state index < -0.39 is 0 Å². The fraction of sp³-hybridized carbons (Fsp3) is 0.585. The molecule has 0 spiro atoms. The summed E-state index contributed by atoms with van der Waals surface area (Å²) in [5, 5.41) is 4.41. The van der Waals surface area contributed by atoms with Crippen molar-refractivity contribution in [1.82, 2.24) is 0 Å². The van der Waals surface area contributed by atoms with Gasteiger partial charge in [0.1, 0.15) is 0 Å². The van der Waals surface area contributed by atoms with Crippen molar-refractivity contribution in [3.63, 3.8) is 0 Å². The van der Waals surface area contributed by atoms with Crippen molar-refractivity contribution in [1.29, 1.82) is 0 Å². The summed E-state index contributed by atoms with van der Waals surface area (Å²) in [6.07, 6.45) is 25.4. The molecule has 2 unspecified atom stereocenters. The van der Waals surface area contributed by atoms with E-state index in [1.54, 1.807) is 18.3 Å². The van der Waals surface area contributed by atoms with Crippen LogP contribution < -0.4 is 9.80 Å². The summed E-state index contributed by atoms with van der Waals surface area (Å²) in [5.74, 6) is 0.850. The largest absolute Gasteiger partial charge is 0.307 e. The maximum atomic E-state index is 15.7. The summed E-state index contributed by atoms with van der Waals surface area (Å²) in [4.78, 5) is 49.9. The highest BCUT2D eigenvalue weighted by Gasteiger charge is 2.43. The zero-order valence-corrected chi connectivity index (χ0v) is 48.4. The van der Waals surface area contributed by atoms with Gasteiger partial charge >= 0.3 is 0 Å². The van der Waals surface area contributed by atoms with Gasteiger partial charge in [-0.3, -0.25) is 14.4 Å². The number of Topliss-reactive ketones (excluding diaryl/α,β-unsaturated/α-hetero) is 1. The first-order chi connectivity index (χ1) is 34.8. The van der Waals surface area contributed by atoms with Gasteiger partial charge in [0.25, 0.3) is 11.8 Å². The highest BCUT2D eigenvalue weighted by atomic mass is 32.1. The number of fused-ring (bicyclic) bond motifs is 5. The summed E-state index contributed by atoms with van der Waals surface area (Å²) in [5.41, 5.74) is 9.06. The monoisotopic (exact) mass is 1010 g/mol. The Bertz CT molecular complexity index is 2620. The van der Waals surface area contributed by atoms with E-state index in [1.165, 1.54) is 96.5 Å². The number of rotatable bonds is 27. The number of nitrogens with zero attached hydrogens (tertiary/aromatic N) is 2. The highest BCUT2D eigenvalue weighted by Crippen LogP contribution is 2.51. The number of unbranched alkanes of at least 4 members (excludes halogenated alkanes) is 11. The third-order valence-electron chi connectivity index (χ3n) is 15.3. The van der Waals surface area contributed by atoms with Gasteiger partial charge in [0.05, 0.1) is 31.9 Å². The Morgan fingerprint density at radius 1 is 0.569 bits per heavy atom. The van der Waals surface area contributed by atoms with Crippen LogP contribution in [0.2, 0.25) is 0 Å². The van der Waals surface area contributed by atoms with E-state index in [0.717, 1.165) is 115 Å². The zero-order valence-electron chi connectivity index (χ0n) is 46.8. The van der Waals surface area contributed by atoms with Crippen molar-refractivity contribution < 1.29 is 14.4 Å². The minimum absolute atomic E-state index is 0.0225. The number of carbonyl (C=O) groups excluding carboxylic acids is 3. The zero-order chi connectivity index (χ0) is 52.0. The van der Waals surface area contributed by atoms with E-state index >= 15 is 9.59 Å². The van der Waals surface area contributed by atoms with E-state index in [0.29, 0.717) is 36.1 Å². The Kier molecular flexibility index (Phi) is 21.8. The molecule has 2 aromatic heterocycles. The first-order valence-electron chi connectivity index (χ1n) is 28.9. The lowest BCUT2D eigenvalue weighted by molar-refractivity contribution is -0.114. The number of hydrogen-bond acceptors (Lipinski definition) is 5. The van der Waals surface area contributed by atoms with Gasteiger partial charge in [0.15, 0.2) is 5.78 Å². The summed E-state index contributed by atoms with van der Waals surface area (Å²) in [6, 6.07) is 17.7. The molecule has 0 saturated carbocycles. The van der Waals surface area contributed by atoms with Gasteiger partial charge in [0.2, 0.25) is 0 Å². The summed E-state index contributed by atoms with van der Waals surface area (Å²) in [7, 11) is 0. The predicted molar refractivity (Wildman–Crippen MR) is 317 cm³/mol. The maximum absolute atomic E-state index is 15.7. The average Bonchev–Trinajstić information content (AvgIpc) is 4.14. The Balaban J connectivity index is 0.00000275. The van der Waals surface area contributed by atoms with Crippen molar-refractivity contribution in [2.75, 3.05) is 22.9 Å². The van der Waals surface area contributed by atoms with Crippen molar-refractivity contribution in [3.05, 3.63) is 81.7 Å². The van der Waals surface area contributed by atoms with Gasteiger partial charge in [-0.1, -0.05) is 196 Å². The lowest BCUT2D eigenvalue weighted by Crippen LogP contribution is -2.34. The molecule has 4 heterocycles. The minimum Gasteiger partial charge on any atom is -0.307 e. The SMILES string of the molecule is CCC.CCCCCCc1c(C(C)=O)c2ccsc2c2sc(-c3ccc4c(c3)N(CC(CCCC)CCCCCC)C(=O)/C4=C3/C(=O)N(CC(CCCC)CCCCCC)c4cc(C(C)(C)C)ccc43)cc12. The Labute approximate surface area is 444 Å². The molecular weight excluding hydrogens is 921 g/mol. The number of ketones is 1. The number of aryl methyl sites for hydroxylation is 1. The van der Waals surface area contributed by atoms with Crippen LogP contribution in [0.4, 0.5) is 11.4 Å². The van der Waals surface area contributed by atoms with Crippen LogP contribution in [-0.2, 0) is 21.4 Å². The molecule has 2 atom stereocenters. The first-order valence-corrected chi connectivity index (χ1v) is 30.6. The first kappa shape index (κ1) is 57.2. The Hall–Kier alpha value is -4.07. The summed E-state index contributed by atoms with van der Waals surface area (Å²) >= 11 is 3.54. The van der Waals surface area contributed by atoms with Crippen LogP contribution in [0.3, 0.4) is 0 Å². The Morgan fingerprint density at radius 2 is 1.07 bits per heavy atom. The molecule has 7 heteroatoms. The van der Waals surface area contributed by atoms with Gasteiger partial charge in [-0.2, -0.15) is 0 Å². The van der Waals surface area contributed by atoms with Crippen molar-refractivity contribution in [3.8, 4) is 10.4 Å². The van der Waals surface area contributed by atoms with Gasteiger partial charge in [-0.25, -0.2) is 0 Å². The molecule has 7 rings (SSSR count). The summed E-state index contributed by atoms with van der Waals surface area (Å²) in [6.45, 7) is 25.3. The highest BCUT2D eigenvalue weighted by molar-refractivity contribution is 7.28. The molecule has 2 aliphatic heterocycles. The van der Waals surface area contributed by atoms with Crippen LogP contribution in [-0.4, -0.2) is 30.7 Å². The number of hydrogen-bond donors (Lipinski definition) is 0. The second-order valence-electron chi connectivity index (χ2n) is 22.5. The summed E-state index contributed by atoms with van der Waals surface area (Å²) < 4.78 is 2.44. The standard InChI is InChI=1S/C62H84N2O3S2.C3H8/c1-10-15-20-23-28-43(26-18-13-4)40-63-52-37-45(54-39-51-47(30-25-22-17-12-3)55(42(6)65)50-35-36-68-58(50)59(51)69-54)31-33-48(52)56(60(63)66)57-49-34-32-46(62(7,8)9)38-53(49)64(61(57)67)41-44(27-19-14-5)29-24-21-16-11-2;1-3-2/h31-39,43-44H,10-30,40-41H2,1-9H3;3H2,1-2H3/b57-56+;. The topological polar surface area (TPSA) is 57.7 Å². The third-order valence-corrected chi connectivity index (χ3v) is 17.6. The number of anilines is 2. The second-order valence-corrected chi connectivity index (χ2v) is 24.4. The smallest absolute Gasteiger partial charge is 0.259 e. The molecule has 2 aliphatic rings. The van der Waals surface area contributed by atoms with E-state index in [1.807, 2.05) is 11.3 Å². The van der Waals surface area contributed by atoms with Gasteiger partial charge in [-0.05, 0) is 114 Å². The molecule has 0 bridgehead atoms. The fourth-order valence-corrected chi connectivity index (χ4v) is 13.5. The van der Waals surface area contributed by atoms with E-state index in [2.05, 4.69) is 133 Å². The maximum Gasteiger partial charge on any atom is 0.259 e. The van der Waals surface area contributed by atoms with Crippen LogP contribution in [0.15, 0.2) is 53.9 Å². The van der Waals surface area contributed by atoms with E-state index in [-0.39, 0.29) is 23.0 Å². The molecule has 0 saturated heterocycles. The molecule has 3 aromatic carbocycles. The third kappa shape index (κ3) is 13.4. The molecule has 0 radical (unpaired) electrons. The van der Waals surface area contributed by atoms with Crippen LogP contribution in [0.1, 0.15) is 244 Å². The van der Waals surface area contributed by atoms with Gasteiger partial charge in [0, 0.05) is 40.0 Å². The van der Waals surface area contributed by atoms with Gasteiger partial charge in [-0.15, -0.1) is 22.7 Å². The van der Waals surface area contributed by atoms with Crippen LogP contribution in [0, 0.1) is 11.8 Å². The Morgan fingerprint density at radius 3 is 1.58 bits per heavy atom. The molecule has 5 aromatic rings. The lowest BCUT2D eigenvalue weighted by Gasteiger charge is -2.26.